The Labute approximate surface area is 150 Å². The fraction of sp³-hybridized carbons (Fsp3) is 0.100. The molecule has 124 valence electrons. The van der Waals surface area contributed by atoms with Gasteiger partial charge in [0, 0.05) is 11.4 Å². The van der Waals surface area contributed by atoms with Gasteiger partial charge in [-0.2, -0.15) is 0 Å². The highest BCUT2D eigenvalue weighted by atomic mass is 32.2. The maximum Gasteiger partial charge on any atom is 0.196 e. The van der Waals surface area contributed by atoms with Gasteiger partial charge in [0.2, 0.25) is 0 Å². The number of benzene rings is 2. The number of para-hydroxylation sites is 1. The summed E-state index contributed by atoms with van der Waals surface area (Å²) in [7, 11) is 0. The van der Waals surface area contributed by atoms with Crippen LogP contribution >= 0.6 is 11.8 Å². The van der Waals surface area contributed by atoms with Gasteiger partial charge < -0.3 is 4.42 Å². The van der Waals surface area contributed by atoms with E-state index in [4.69, 9.17) is 4.42 Å². The second kappa shape index (κ2) is 6.99. The SMILES string of the molecule is Cc1occc1-c1nnc(SCc2ccccc2)n1-c1ccccc1. The molecule has 0 aliphatic heterocycles. The topological polar surface area (TPSA) is 43.9 Å². The van der Waals surface area contributed by atoms with Crippen LogP contribution < -0.4 is 0 Å². The maximum absolute atomic E-state index is 5.46. The quantitative estimate of drug-likeness (QED) is 0.470. The first kappa shape index (κ1) is 15.7. The molecule has 0 saturated heterocycles. The van der Waals surface area contributed by atoms with Crippen LogP contribution in [0.1, 0.15) is 11.3 Å². The monoisotopic (exact) mass is 347 g/mol. The lowest BCUT2D eigenvalue weighted by molar-refractivity contribution is 0.535. The lowest BCUT2D eigenvalue weighted by atomic mass is 10.2. The fourth-order valence-corrected chi connectivity index (χ4v) is 3.59. The third kappa shape index (κ3) is 3.23. The first-order valence-electron chi connectivity index (χ1n) is 8.05. The molecule has 2 heterocycles. The number of aromatic nitrogens is 3. The number of nitrogens with zero attached hydrogens (tertiary/aromatic N) is 3. The molecule has 4 nitrogen and oxygen atoms in total. The third-order valence-electron chi connectivity index (χ3n) is 3.96. The molecular formula is C20H17N3OS. The van der Waals surface area contributed by atoms with E-state index >= 15 is 0 Å². The van der Waals surface area contributed by atoms with Crippen molar-refractivity contribution in [3.05, 3.63) is 84.3 Å². The standard InChI is InChI=1S/C20H17N3OS/c1-15-18(12-13-24-15)19-21-22-20(23(19)17-10-6-3-7-11-17)25-14-16-8-4-2-5-9-16/h2-13H,14H2,1H3. The average Bonchev–Trinajstić information content (AvgIpc) is 3.27. The minimum atomic E-state index is 0.799. The van der Waals surface area contributed by atoms with Gasteiger partial charge in [-0.3, -0.25) is 4.57 Å². The Hall–Kier alpha value is -2.79. The van der Waals surface area contributed by atoms with Gasteiger partial charge in [-0.1, -0.05) is 60.3 Å². The van der Waals surface area contributed by atoms with E-state index in [1.165, 1.54) is 5.56 Å². The molecule has 0 aliphatic rings. The van der Waals surface area contributed by atoms with Gasteiger partial charge in [0.05, 0.1) is 11.8 Å². The fourth-order valence-electron chi connectivity index (χ4n) is 2.69. The zero-order chi connectivity index (χ0) is 17.1. The Bertz CT molecular complexity index is 961. The number of hydrogen-bond acceptors (Lipinski definition) is 4. The van der Waals surface area contributed by atoms with E-state index in [1.807, 2.05) is 37.3 Å². The first-order valence-corrected chi connectivity index (χ1v) is 9.03. The zero-order valence-corrected chi connectivity index (χ0v) is 14.6. The summed E-state index contributed by atoms with van der Waals surface area (Å²) in [4.78, 5) is 0. The van der Waals surface area contributed by atoms with Crippen molar-refractivity contribution in [1.82, 2.24) is 14.8 Å². The van der Waals surface area contributed by atoms with E-state index < -0.39 is 0 Å². The van der Waals surface area contributed by atoms with Crippen LogP contribution in [0, 0.1) is 6.92 Å². The molecule has 4 aromatic rings. The highest BCUT2D eigenvalue weighted by Gasteiger charge is 2.18. The normalized spacial score (nSPS) is 10.9. The Balaban J connectivity index is 1.74. The van der Waals surface area contributed by atoms with Crippen molar-refractivity contribution < 1.29 is 4.42 Å². The van der Waals surface area contributed by atoms with Crippen LogP contribution in [0.2, 0.25) is 0 Å². The van der Waals surface area contributed by atoms with E-state index in [9.17, 15) is 0 Å². The van der Waals surface area contributed by atoms with E-state index in [0.29, 0.717) is 0 Å². The van der Waals surface area contributed by atoms with Gasteiger partial charge in [0.25, 0.3) is 0 Å². The van der Waals surface area contributed by atoms with Crippen molar-refractivity contribution in [3.8, 4) is 17.1 Å². The van der Waals surface area contributed by atoms with Crippen LogP contribution in [0.3, 0.4) is 0 Å². The van der Waals surface area contributed by atoms with E-state index in [1.54, 1.807) is 18.0 Å². The van der Waals surface area contributed by atoms with Crippen molar-refractivity contribution in [3.63, 3.8) is 0 Å². The van der Waals surface area contributed by atoms with Crippen molar-refractivity contribution in [2.45, 2.75) is 17.8 Å². The summed E-state index contributed by atoms with van der Waals surface area (Å²) in [6.07, 6.45) is 1.69. The molecule has 0 spiro atoms. The lowest BCUT2D eigenvalue weighted by Gasteiger charge is -2.09. The highest BCUT2D eigenvalue weighted by molar-refractivity contribution is 7.98. The van der Waals surface area contributed by atoms with Gasteiger partial charge in [-0.05, 0) is 30.7 Å². The lowest BCUT2D eigenvalue weighted by Crippen LogP contribution is -1.99. The summed E-state index contributed by atoms with van der Waals surface area (Å²) >= 11 is 1.68. The number of furan rings is 1. The summed E-state index contributed by atoms with van der Waals surface area (Å²) in [6.45, 7) is 1.94. The van der Waals surface area contributed by atoms with Crippen LogP contribution in [0.25, 0.3) is 17.1 Å². The molecular weight excluding hydrogens is 330 g/mol. The van der Waals surface area contributed by atoms with Crippen molar-refractivity contribution in [2.75, 3.05) is 0 Å². The molecule has 0 aliphatic carbocycles. The highest BCUT2D eigenvalue weighted by Crippen LogP contribution is 2.31. The summed E-state index contributed by atoms with van der Waals surface area (Å²) < 4.78 is 7.55. The summed E-state index contributed by atoms with van der Waals surface area (Å²) in [5.41, 5.74) is 3.26. The molecule has 0 bridgehead atoms. The summed E-state index contributed by atoms with van der Waals surface area (Å²) in [5.74, 6) is 2.48. The van der Waals surface area contributed by atoms with E-state index in [-0.39, 0.29) is 0 Å². The van der Waals surface area contributed by atoms with Gasteiger partial charge in [-0.25, -0.2) is 0 Å². The molecule has 4 rings (SSSR count). The molecule has 2 aromatic heterocycles. The summed E-state index contributed by atoms with van der Waals surface area (Å²) in [6, 6.07) is 22.5. The minimum Gasteiger partial charge on any atom is -0.469 e. The number of rotatable bonds is 5. The number of aryl methyl sites for hydroxylation is 1. The van der Waals surface area contributed by atoms with Gasteiger partial charge in [0.1, 0.15) is 5.76 Å². The molecule has 0 amide bonds. The van der Waals surface area contributed by atoms with Crippen LogP contribution in [0.4, 0.5) is 0 Å². The Morgan fingerprint density at radius 1 is 0.920 bits per heavy atom. The van der Waals surface area contributed by atoms with Crippen LogP contribution in [-0.2, 0) is 5.75 Å². The van der Waals surface area contributed by atoms with Crippen LogP contribution in [-0.4, -0.2) is 14.8 Å². The van der Waals surface area contributed by atoms with Crippen molar-refractivity contribution >= 4 is 11.8 Å². The Morgan fingerprint density at radius 2 is 1.64 bits per heavy atom. The Kier molecular flexibility index (Phi) is 4.39. The van der Waals surface area contributed by atoms with E-state index in [0.717, 1.165) is 33.7 Å². The minimum absolute atomic E-state index is 0.799. The third-order valence-corrected chi connectivity index (χ3v) is 4.96. The zero-order valence-electron chi connectivity index (χ0n) is 13.8. The molecule has 0 N–H and O–H groups in total. The second-order valence-electron chi connectivity index (χ2n) is 5.64. The molecule has 25 heavy (non-hydrogen) atoms. The summed E-state index contributed by atoms with van der Waals surface area (Å²) in [5, 5.41) is 9.75. The molecule has 2 aromatic carbocycles. The number of thioether (sulfide) groups is 1. The molecule has 0 fully saturated rings. The molecule has 0 radical (unpaired) electrons. The largest absolute Gasteiger partial charge is 0.469 e. The molecule has 5 heteroatoms. The average molecular weight is 347 g/mol. The van der Waals surface area contributed by atoms with E-state index in [2.05, 4.69) is 51.2 Å². The molecule has 0 saturated carbocycles. The van der Waals surface area contributed by atoms with Gasteiger partial charge in [0.15, 0.2) is 11.0 Å². The molecule has 0 unspecified atom stereocenters. The Morgan fingerprint density at radius 3 is 2.32 bits per heavy atom. The van der Waals surface area contributed by atoms with Gasteiger partial charge in [-0.15, -0.1) is 10.2 Å². The second-order valence-corrected chi connectivity index (χ2v) is 6.58. The van der Waals surface area contributed by atoms with Gasteiger partial charge >= 0.3 is 0 Å². The predicted octanol–water partition coefficient (Wildman–Crippen LogP) is 5.13. The maximum atomic E-state index is 5.46. The number of hydrogen-bond donors (Lipinski definition) is 0. The van der Waals surface area contributed by atoms with Crippen LogP contribution in [0.15, 0.2) is 82.6 Å². The van der Waals surface area contributed by atoms with Crippen molar-refractivity contribution in [1.29, 1.82) is 0 Å². The van der Waals surface area contributed by atoms with Crippen LogP contribution in [0.5, 0.6) is 0 Å². The van der Waals surface area contributed by atoms with Crippen molar-refractivity contribution in [2.24, 2.45) is 0 Å². The first-order chi connectivity index (χ1) is 12.3. The predicted molar refractivity (Wildman–Crippen MR) is 99.8 cm³/mol. The molecule has 0 atom stereocenters. The smallest absolute Gasteiger partial charge is 0.196 e.